The third-order valence-electron chi connectivity index (χ3n) is 4.92. The standard InChI is InChI=1S/C19H22N2O3/c1-12-6-8-16-13(10-12)7-9-18(23-16)19(22)20-11-15-14-4-2-3-5-17(14)24-21-15/h6,8,10,18H,2-5,7,9,11H2,1H3,(H,20,22). The fraction of sp³-hybridized carbons (Fsp3) is 0.474. The van der Waals surface area contributed by atoms with E-state index in [-0.39, 0.29) is 5.91 Å². The molecule has 1 aliphatic heterocycles. The maximum atomic E-state index is 12.4. The lowest BCUT2D eigenvalue weighted by Crippen LogP contribution is -2.40. The molecule has 0 radical (unpaired) electrons. The first kappa shape index (κ1) is 15.2. The van der Waals surface area contributed by atoms with Crippen LogP contribution in [0.4, 0.5) is 0 Å². The average Bonchev–Trinajstić information content (AvgIpc) is 3.02. The molecular formula is C19H22N2O3. The van der Waals surface area contributed by atoms with Gasteiger partial charge in [-0.25, -0.2) is 0 Å². The molecule has 126 valence electrons. The van der Waals surface area contributed by atoms with Crippen LogP contribution in [-0.4, -0.2) is 17.2 Å². The van der Waals surface area contributed by atoms with Crippen LogP contribution in [-0.2, 0) is 30.6 Å². The highest BCUT2D eigenvalue weighted by Gasteiger charge is 2.27. The summed E-state index contributed by atoms with van der Waals surface area (Å²) in [5.41, 5.74) is 4.46. The number of hydrogen-bond donors (Lipinski definition) is 1. The minimum Gasteiger partial charge on any atom is -0.480 e. The molecule has 1 aromatic heterocycles. The Hall–Kier alpha value is -2.30. The van der Waals surface area contributed by atoms with Crippen molar-refractivity contribution < 1.29 is 14.1 Å². The second-order valence-corrected chi connectivity index (χ2v) is 6.71. The van der Waals surface area contributed by atoms with Crippen LogP contribution < -0.4 is 10.1 Å². The minimum atomic E-state index is -0.428. The molecule has 2 aromatic rings. The van der Waals surface area contributed by atoms with E-state index >= 15 is 0 Å². The summed E-state index contributed by atoms with van der Waals surface area (Å²) >= 11 is 0. The van der Waals surface area contributed by atoms with Gasteiger partial charge in [-0.05, 0) is 50.7 Å². The lowest BCUT2D eigenvalue weighted by molar-refractivity contribution is -0.128. The van der Waals surface area contributed by atoms with Gasteiger partial charge in [-0.1, -0.05) is 22.9 Å². The Kier molecular flexibility index (Phi) is 4.00. The highest BCUT2D eigenvalue weighted by atomic mass is 16.5. The summed E-state index contributed by atoms with van der Waals surface area (Å²) < 4.78 is 11.3. The van der Waals surface area contributed by atoms with Crippen LogP contribution in [0.1, 0.15) is 47.4 Å². The van der Waals surface area contributed by atoms with E-state index in [1.807, 2.05) is 12.1 Å². The normalized spacial score (nSPS) is 19.1. The van der Waals surface area contributed by atoms with Crippen LogP contribution in [0.5, 0.6) is 5.75 Å². The number of hydrogen-bond acceptors (Lipinski definition) is 4. The Balaban J connectivity index is 1.39. The van der Waals surface area contributed by atoms with E-state index in [9.17, 15) is 4.79 Å². The molecule has 5 heteroatoms. The Labute approximate surface area is 141 Å². The van der Waals surface area contributed by atoms with E-state index in [4.69, 9.17) is 9.26 Å². The Bertz CT molecular complexity index is 766. The van der Waals surface area contributed by atoms with E-state index in [1.54, 1.807) is 0 Å². The van der Waals surface area contributed by atoms with Gasteiger partial charge in [0.05, 0.1) is 6.54 Å². The summed E-state index contributed by atoms with van der Waals surface area (Å²) in [4.78, 5) is 12.4. The Morgan fingerprint density at radius 1 is 1.29 bits per heavy atom. The van der Waals surface area contributed by atoms with Crippen molar-refractivity contribution >= 4 is 5.91 Å². The van der Waals surface area contributed by atoms with Gasteiger partial charge in [-0.3, -0.25) is 4.79 Å². The highest BCUT2D eigenvalue weighted by Crippen LogP contribution is 2.28. The number of ether oxygens (including phenoxy) is 1. The van der Waals surface area contributed by atoms with Crippen LogP contribution in [0, 0.1) is 6.92 Å². The second-order valence-electron chi connectivity index (χ2n) is 6.71. The summed E-state index contributed by atoms with van der Waals surface area (Å²) in [6, 6.07) is 6.10. The van der Waals surface area contributed by atoms with Crippen molar-refractivity contribution in [2.75, 3.05) is 0 Å². The lowest BCUT2D eigenvalue weighted by Gasteiger charge is -2.25. The van der Waals surface area contributed by atoms with Crippen molar-refractivity contribution in [1.82, 2.24) is 10.5 Å². The molecule has 1 aromatic carbocycles. The number of carbonyl (C=O) groups is 1. The SMILES string of the molecule is Cc1ccc2c(c1)CCC(C(=O)NCc1noc3c1CCCC3)O2. The molecule has 0 saturated carbocycles. The summed E-state index contributed by atoms with van der Waals surface area (Å²) in [6.07, 6.45) is 5.42. The highest BCUT2D eigenvalue weighted by molar-refractivity contribution is 5.81. The molecule has 2 heterocycles. The molecule has 0 spiro atoms. The number of nitrogens with one attached hydrogen (secondary N) is 1. The predicted molar refractivity (Wildman–Crippen MR) is 88.9 cm³/mol. The van der Waals surface area contributed by atoms with Gasteiger partial charge < -0.3 is 14.6 Å². The van der Waals surface area contributed by atoms with Gasteiger partial charge in [-0.2, -0.15) is 0 Å². The number of aromatic nitrogens is 1. The molecule has 1 aliphatic carbocycles. The zero-order chi connectivity index (χ0) is 16.5. The van der Waals surface area contributed by atoms with E-state index in [1.165, 1.54) is 16.7 Å². The number of fused-ring (bicyclic) bond motifs is 2. The fourth-order valence-corrected chi connectivity index (χ4v) is 3.57. The second kappa shape index (κ2) is 6.30. The van der Waals surface area contributed by atoms with Gasteiger partial charge >= 0.3 is 0 Å². The van der Waals surface area contributed by atoms with E-state index < -0.39 is 6.10 Å². The monoisotopic (exact) mass is 326 g/mol. The molecule has 4 rings (SSSR count). The first-order valence-corrected chi connectivity index (χ1v) is 8.71. The molecule has 1 N–H and O–H groups in total. The molecule has 1 atom stereocenters. The Morgan fingerprint density at radius 2 is 2.17 bits per heavy atom. The van der Waals surface area contributed by atoms with Crippen molar-refractivity contribution in [3.05, 3.63) is 46.3 Å². The third kappa shape index (κ3) is 2.90. The van der Waals surface area contributed by atoms with Crippen LogP contribution in [0.25, 0.3) is 0 Å². The maximum Gasteiger partial charge on any atom is 0.261 e. The zero-order valence-corrected chi connectivity index (χ0v) is 13.9. The molecule has 1 unspecified atom stereocenters. The van der Waals surface area contributed by atoms with Gasteiger partial charge in [0.25, 0.3) is 5.91 Å². The smallest absolute Gasteiger partial charge is 0.261 e. The van der Waals surface area contributed by atoms with Crippen molar-refractivity contribution in [1.29, 1.82) is 0 Å². The van der Waals surface area contributed by atoms with Crippen molar-refractivity contribution in [3.63, 3.8) is 0 Å². The van der Waals surface area contributed by atoms with Gasteiger partial charge in [-0.15, -0.1) is 0 Å². The zero-order valence-electron chi connectivity index (χ0n) is 13.9. The number of nitrogens with zero attached hydrogens (tertiary/aromatic N) is 1. The molecule has 24 heavy (non-hydrogen) atoms. The largest absolute Gasteiger partial charge is 0.480 e. The molecule has 2 aliphatic rings. The lowest BCUT2D eigenvalue weighted by atomic mass is 9.96. The predicted octanol–water partition coefficient (Wildman–Crippen LogP) is 2.87. The van der Waals surface area contributed by atoms with Crippen LogP contribution >= 0.6 is 0 Å². The van der Waals surface area contributed by atoms with Crippen LogP contribution in [0.15, 0.2) is 22.7 Å². The molecule has 0 saturated heterocycles. The number of rotatable bonds is 3. The quantitative estimate of drug-likeness (QED) is 0.942. The molecule has 0 bridgehead atoms. The van der Waals surface area contributed by atoms with Gasteiger partial charge in [0, 0.05) is 12.0 Å². The van der Waals surface area contributed by atoms with Crippen LogP contribution in [0.3, 0.4) is 0 Å². The van der Waals surface area contributed by atoms with E-state index in [0.29, 0.717) is 13.0 Å². The number of benzene rings is 1. The molecule has 5 nitrogen and oxygen atoms in total. The number of amides is 1. The van der Waals surface area contributed by atoms with E-state index in [2.05, 4.69) is 23.5 Å². The number of carbonyl (C=O) groups excluding carboxylic acids is 1. The summed E-state index contributed by atoms with van der Waals surface area (Å²) in [5, 5.41) is 7.09. The Morgan fingerprint density at radius 3 is 3.08 bits per heavy atom. The topological polar surface area (TPSA) is 64.4 Å². The fourth-order valence-electron chi connectivity index (χ4n) is 3.57. The van der Waals surface area contributed by atoms with Crippen molar-refractivity contribution in [2.24, 2.45) is 0 Å². The van der Waals surface area contributed by atoms with Crippen molar-refractivity contribution in [2.45, 2.75) is 58.1 Å². The summed E-state index contributed by atoms with van der Waals surface area (Å²) in [7, 11) is 0. The van der Waals surface area contributed by atoms with Crippen LogP contribution in [0.2, 0.25) is 0 Å². The molecular weight excluding hydrogens is 304 g/mol. The third-order valence-corrected chi connectivity index (χ3v) is 4.92. The maximum absolute atomic E-state index is 12.4. The van der Waals surface area contributed by atoms with Gasteiger partial charge in [0.1, 0.15) is 17.2 Å². The van der Waals surface area contributed by atoms with E-state index in [0.717, 1.165) is 49.3 Å². The number of aryl methyl sites for hydroxylation is 3. The van der Waals surface area contributed by atoms with Crippen molar-refractivity contribution in [3.8, 4) is 5.75 Å². The van der Waals surface area contributed by atoms with Gasteiger partial charge in [0.15, 0.2) is 6.10 Å². The molecule has 1 amide bonds. The first-order valence-electron chi connectivity index (χ1n) is 8.71. The summed E-state index contributed by atoms with van der Waals surface area (Å²) in [5.74, 6) is 1.74. The molecule has 0 fully saturated rings. The minimum absolute atomic E-state index is 0.0752. The summed E-state index contributed by atoms with van der Waals surface area (Å²) in [6.45, 7) is 2.48. The first-order chi connectivity index (χ1) is 11.7. The average molecular weight is 326 g/mol. The van der Waals surface area contributed by atoms with Gasteiger partial charge in [0.2, 0.25) is 0 Å².